The number of nitrogens with two attached hydrogens (primary N) is 1. The van der Waals surface area contributed by atoms with Gasteiger partial charge in [0.1, 0.15) is 18.1 Å². The van der Waals surface area contributed by atoms with E-state index < -0.39 is 36.0 Å². The van der Waals surface area contributed by atoms with Gasteiger partial charge in [-0.15, -0.1) is 0 Å². The van der Waals surface area contributed by atoms with Gasteiger partial charge in [0, 0.05) is 23.9 Å². The molecule has 0 aromatic carbocycles. The summed E-state index contributed by atoms with van der Waals surface area (Å²) in [6, 6.07) is -2.47. The van der Waals surface area contributed by atoms with Crippen molar-refractivity contribution in [2.24, 2.45) is 16.6 Å². The second kappa shape index (κ2) is 7.67. The summed E-state index contributed by atoms with van der Waals surface area (Å²) in [6.07, 6.45) is 5.52. The number of piperidine rings is 1. The first kappa shape index (κ1) is 19.3. The standard InChI is InChI=1S/C18H25N3O6/c19-11(16(22)23)6-4-9-8-21-13(2-1-3-14(21)18(26)27)10-5-7-12(17(24)25)20-15(9)10/h8,10-14H,1-7,19H2,(H,22,23)(H,24,25)(H,26,27). The molecule has 3 aliphatic heterocycles. The fraction of sp³-hybridized carbons (Fsp3) is 0.667. The van der Waals surface area contributed by atoms with Gasteiger partial charge in [-0.3, -0.25) is 9.79 Å². The van der Waals surface area contributed by atoms with E-state index in [1.54, 1.807) is 6.20 Å². The van der Waals surface area contributed by atoms with Gasteiger partial charge in [0.15, 0.2) is 0 Å². The van der Waals surface area contributed by atoms with Crippen LogP contribution >= 0.6 is 0 Å². The smallest absolute Gasteiger partial charge is 0.328 e. The van der Waals surface area contributed by atoms with Crippen molar-refractivity contribution in [3.63, 3.8) is 0 Å². The zero-order chi connectivity index (χ0) is 19.7. The van der Waals surface area contributed by atoms with Gasteiger partial charge in [-0.2, -0.15) is 0 Å². The molecule has 0 amide bonds. The number of carboxylic acid groups (broad SMARTS) is 3. The predicted molar refractivity (Wildman–Crippen MR) is 95.4 cm³/mol. The highest BCUT2D eigenvalue weighted by Gasteiger charge is 2.44. The van der Waals surface area contributed by atoms with Crippen molar-refractivity contribution in [1.82, 2.24) is 4.90 Å². The van der Waals surface area contributed by atoms with E-state index in [-0.39, 0.29) is 18.4 Å². The summed E-state index contributed by atoms with van der Waals surface area (Å²) < 4.78 is 0. The third kappa shape index (κ3) is 3.83. The summed E-state index contributed by atoms with van der Waals surface area (Å²) in [5.41, 5.74) is 7.02. The van der Waals surface area contributed by atoms with E-state index >= 15 is 0 Å². The second-order valence-electron chi connectivity index (χ2n) is 7.49. The monoisotopic (exact) mass is 379 g/mol. The summed E-state index contributed by atoms with van der Waals surface area (Å²) in [5, 5.41) is 27.9. The molecule has 5 atom stereocenters. The average Bonchev–Trinajstić information content (AvgIpc) is 2.64. The zero-order valence-electron chi connectivity index (χ0n) is 15.0. The molecule has 3 aliphatic rings. The Morgan fingerprint density at radius 3 is 2.52 bits per heavy atom. The molecule has 9 heteroatoms. The van der Waals surface area contributed by atoms with Crippen LogP contribution in [0.2, 0.25) is 0 Å². The van der Waals surface area contributed by atoms with Crippen molar-refractivity contribution >= 4 is 23.6 Å². The van der Waals surface area contributed by atoms with E-state index in [0.717, 1.165) is 12.8 Å². The summed E-state index contributed by atoms with van der Waals surface area (Å²) in [7, 11) is 0. The molecule has 0 aliphatic carbocycles. The number of fused-ring (bicyclic) bond motifs is 3. The van der Waals surface area contributed by atoms with E-state index in [4.69, 9.17) is 10.8 Å². The van der Waals surface area contributed by atoms with Crippen LogP contribution in [0, 0.1) is 5.92 Å². The zero-order valence-corrected chi connectivity index (χ0v) is 15.0. The molecule has 3 rings (SSSR count). The molecule has 0 aromatic heterocycles. The average molecular weight is 379 g/mol. The highest BCUT2D eigenvalue weighted by Crippen LogP contribution is 2.40. The van der Waals surface area contributed by atoms with Crippen LogP contribution in [0.3, 0.4) is 0 Å². The molecular formula is C18H25N3O6. The minimum absolute atomic E-state index is 0.00904. The van der Waals surface area contributed by atoms with E-state index in [0.29, 0.717) is 37.0 Å². The molecule has 0 bridgehead atoms. The molecule has 1 saturated heterocycles. The minimum Gasteiger partial charge on any atom is -0.480 e. The predicted octanol–water partition coefficient (Wildman–Crippen LogP) is 0.688. The summed E-state index contributed by atoms with van der Waals surface area (Å²) >= 11 is 0. The maximum Gasteiger partial charge on any atom is 0.328 e. The number of carbonyl (C=O) groups is 3. The number of hydrogen-bond donors (Lipinski definition) is 4. The molecule has 3 heterocycles. The first-order valence-corrected chi connectivity index (χ1v) is 9.29. The van der Waals surface area contributed by atoms with Crippen molar-refractivity contribution in [2.75, 3.05) is 0 Å². The Balaban J connectivity index is 1.95. The van der Waals surface area contributed by atoms with Crippen molar-refractivity contribution in [3.8, 4) is 0 Å². The first-order chi connectivity index (χ1) is 12.8. The van der Waals surface area contributed by atoms with Crippen LogP contribution in [0.1, 0.15) is 44.9 Å². The van der Waals surface area contributed by atoms with Gasteiger partial charge in [0.25, 0.3) is 0 Å². The normalized spacial score (nSPS) is 31.1. The lowest BCUT2D eigenvalue weighted by Gasteiger charge is -2.49. The molecule has 5 unspecified atom stereocenters. The van der Waals surface area contributed by atoms with E-state index in [1.165, 1.54) is 0 Å². The van der Waals surface area contributed by atoms with E-state index in [9.17, 15) is 24.6 Å². The first-order valence-electron chi connectivity index (χ1n) is 9.29. The van der Waals surface area contributed by atoms with E-state index in [1.807, 2.05) is 4.90 Å². The Bertz CT molecular complexity index is 703. The maximum absolute atomic E-state index is 11.7. The lowest BCUT2D eigenvalue weighted by Crippen LogP contribution is -2.55. The van der Waals surface area contributed by atoms with Gasteiger partial charge in [-0.05, 0) is 50.5 Å². The minimum atomic E-state index is -1.10. The number of allylic oxidation sites excluding steroid dienone is 1. The molecule has 0 aromatic rings. The van der Waals surface area contributed by atoms with Crippen LogP contribution in [-0.2, 0) is 14.4 Å². The van der Waals surface area contributed by atoms with Crippen molar-refractivity contribution in [2.45, 2.75) is 69.1 Å². The van der Waals surface area contributed by atoms with Gasteiger partial charge < -0.3 is 26.0 Å². The van der Waals surface area contributed by atoms with E-state index in [2.05, 4.69) is 4.99 Å². The number of aliphatic carboxylic acids is 3. The molecule has 5 N–H and O–H groups in total. The molecule has 0 spiro atoms. The highest BCUT2D eigenvalue weighted by molar-refractivity contribution is 6.04. The van der Waals surface area contributed by atoms with Crippen molar-refractivity contribution in [1.29, 1.82) is 0 Å². The molecule has 0 saturated carbocycles. The Morgan fingerprint density at radius 2 is 1.89 bits per heavy atom. The number of nitrogens with zero attached hydrogens (tertiary/aromatic N) is 2. The van der Waals surface area contributed by atoms with Gasteiger partial charge in [-0.1, -0.05) is 0 Å². The number of aliphatic imine (C=N–C) groups is 1. The van der Waals surface area contributed by atoms with Crippen LogP contribution < -0.4 is 5.73 Å². The lowest BCUT2D eigenvalue weighted by molar-refractivity contribution is -0.145. The summed E-state index contributed by atoms with van der Waals surface area (Å²) in [4.78, 5) is 40.5. The topological polar surface area (TPSA) is 154 Å². The number of rotatable bonds is 6. The molecule has 0 radical (unpaired) electrons. The largest absolute Gasteiger partial charge is 0.480 e. The van der Waals surface area contributed by atoms with Crippen molar-refractivity contribution in [3.05, 3.63) is 11.8 Å². The van der Waals surface area contributed by atoms with Crippen LogP contribution in [0.25, 0.3) is 0 Å². The third-order valence-electron chi connectivity index (χ3n) is 5.83. The molecule has 148 valence electrons. The Labute approximate surface area is 156 Å². The summed E-state index contributed by atoms with van der Waals surface area (Å²) in [6.45, 7) is 0. The lowest BCUT2D eigenvalue weighted by atomic mass is 9.74. The number of hydrogen-bond acceptors (Lipinski definition) is 6. The van der Waals surface area contributed by atoms with Gasteiger partial charge in [0.2, 0.25) is 0 Å². The molecule has 1 fully saturated rings. The Hall–Kier alpha value is -2.42. The Morgan fingerprint density at radius 1 is 1.15 bits per heavy atom. The van der Waals surface area contributed by atoms with Crippen LogP contribution in [0.4, 0.5) is 0 Å². The number of carboxylic acids is 3. The van der Waals surface area contributed by atoms with Gasteiger partial charge >= 0.3 is 17.9 Å². The van der Waals surface area contributed by atoms with Crippen LogP contribution in [-0.4, -0.2) is 68.0 Å². The second-order valence-corrected chi connectivity index (χ2v) is 7.49. The van der Waals surface area contributed by atoms with Crippen LogP contribution in [0.15, 0.2) is 16.8 Å². The fourth-order valence-corrected chi connectivity index (χ4v) is 4.45. The van der Waals surface area contributed by atoms with Gasteiger partial charge in [0.05, 0.1) is 0 Å². The SMILES string of the molecule is NC(CCC1=CN2C(C(=O)O)CCCC2C2CCC(C(=O)O)N=C12)C(=O)O. The van der Waals surface area contributed by atoms with Crippen LogP contribution in [0.5, 0.6) is 0 Å². The molecule has 27 heavy (non-hydrogen) atoms. The van der Waals surface area contributed by atoms with Crippen molar-refractivity contribution < 1.29 is 29.7 Å². The highest BCUT2D eigenvalue weighted by atomic mass is 16.4. The van der Waals surface area contributed by atoms with Gasteiger partial charge in [-0.25, -0.2) is 9.59 Å². The summed E-state index contributed by atoms with van der Waals surface area (Å²) in [5.74, 6) is -2.98. The Kier molecular flexibility index (Phi) is 5.50. The fourth-order valence-electron chi connectivity index (χ4n) is 4.45. The quantitative estimate of drug-likeness (QED) is 0.525. The molecule has 9 nitrogen and oxygen atoms in total. The maximum atomic E-state index is 11.7. The molecular weight excluding hydrogens is 354 g/mol. The third-order valence-corrected chi connectivity index (χ3v) is 5.83.